The van der Waals surface area contributed by atoms with Crippen molar-refractivity contribution in [2.24, 2.45) is 0 Å². The van der Waals surface area contributed by atoms with E-state index >= 15 is 0 Å². The number of amides is 1. The van der Waals surface area contributed by atoms with E-state index in [1.54, 1.807) is 6.92 Å². The van der Waals surface area contributed by atoms with Crippen LogP contribution in [-0.2, 0) is 14.3 Å². The van der Waals surface area contributed by atoms with Crippen LogP contribution in [0.5, 0.6) is 0 Å². The third kappa shape index (κ3) is 2.96. The van der Waals surface area contributed by atoms with Crippen LogP contribution in [0.3, 0.4) is 0 Å². The fourth-order valence-corrected chi connectivity index (χ4v) is 2.05. The van der Waals surface area contributed by atoms with E-state index in [-0.39, 0.29) is 5.91 Å². The van der Waals surface area contributed by atoms with Gasteiger partial charge in [-0.05, 0) is 22.4 Å². The van der Waals surface area contributed by atoms with Gasteiger partial charge in [0.2, 0.25) is 5.91 Å². The summed E-state index contributed by atoms with van der Waals surface area (Å²) in [5.41, 5.74) is 0.720. The van der Waals surface area contributed by atoms with Crippen molar-refractivity contribution in [3.63, 3.8) is 0 Å². The second-order valence-electron chi connectivity index (χ2n) is 4.48. The van der Waals surface area contributed by atoms with Gasteiger partial charge >= 0.3 is 5.97 Å². The highest BCUT2D eigenvalue weighted by atomic mass is 16.5. The Bertz CT molecular complexity index is 636. The van der Waals surface area contributed by atoms with Gasteiger partial charge in [0, 0.05) is 6.42 Å². The molecule has 0 bridgehead atoms. The molecule has 0 aliphatic rings. The minimum atomic E-state index is -0.767. The van der Waals surface area contributed by atoms with Crippen molar-refractivity contribution in [3.05, 3.63) is 48.0 Å². The Morgan fingerprint density at radius 3 is 2.50 bits per heavy atom. The SMILES string of the molecule is CCC(=O)N[C@H](C(=O)OC)c1ccc2ccccc2c1. The van der Waals surface area contributed by atoms with Crippen molar-refractivity contribution in [2.75, 3.05) is 7.11 Å². The fourth-order valence-electron chi connectivity index (χ4n) is 2.05. The molecule has 0 saturated heterocycles. The summed E-state index contributed by atoms with van der Waals surface area (Å²) in [7, 11) is 1.31. The van der Waals surface area contributed by atoms with Gasteiger partial charge in [-0.15, -0.1) is 0 Å². The molecule has 4 heteroatoms. The summed E-state index contributed by atoms with van der Waals surface area (Å²) in [5, 5.41) is 4.79. The average molecular weight is 271 g/mol. The summed E-state index contributed by atoms with van der Waals surface area (Å²) in [5.74, 6) is -0.657. The number of fused-ring (bicyclic) bond motifs is 1. The molecule has 2 aromatic carbocycles. The molecule has 0 unspecified atom stereocenters. The predicted octanol–water partition coefficient (Wildman–Crippen LogP) is 2.58. The topological polar surface area (TPSA) is 55.4 Å². The molecule has 0 fully saturated rings. The zero-order valence-corrected chi connectivity index (χ0v) is 11.6. The number of rotatable bonds is 4. The Morgan fingerprint density at radius 1 is 1.15 bits per heavy atom. The monoisotopic (exact) mass is 271 g/mol. The molecular weight excluding hydrogens is 254 g/mol. The van der Waals surface area contributed by atoms with Gasteiger partial charge in [0.05, 0.1) is 7.11 Å². The zero-order chi connectivity index (χ0) is 14.5. The molecular formula is C16H17NO3. The van der Waals surface area contributed by atoms with E-state index in [0.717, 1.165) is 16.3 Å². The molecule has 0 saturated carbocycles. The highest BCUT2D eigenvalue weighted by molar-refractivity contribution is 5.88. The molecule has 104 valence electrons. The normalized spacial score (nSPS) is 11.9. The summed E-state index contributed by atoms with van der Waals surface area (Å²) in [4.78, 5) is 23.4. The second-order valence-corrected chi connectivity index (χ2v) is 4.48. The van der Waals surface area contributed by atoms with Gasteiger partial charge in [-0.2, -0.15) is 0 Å². The Hall–Kier alpha value is -2.36. The maximum atomic E-state index is 11.9. The number of benzene rings is 2. The standard InChI is InChI=1S/C16H17NO3/c1-3-14(18)17-15(16(19)20-2)13-9-8-11-6-4-5-7-12(11)10-13/h4-10,15H,3H2,1-2H3,(H,17,18)/t15-/m0/s1. The molecule has 0 aliphatic carbocycles. The van der Waals surface area contributed by atoms with Crippen LogP contribution in [0.15, 0.2) is 42.5 Å². The quantitative estimate of drug-likeness (QED) is 0.870. The lowest BCUT2D eigenvalue weighted by Gasteiger charge is -2.17. The number of carbonyl (C=O) groups excluding carboxylic acids is 2. The molecule has 0 aromatic heterocycles. The van der Waals surface area contributed by atoms with Crippen molar-refractivity contribution in [2.45, 2.75) is 19.4 Å². The van der Waals surface area contributed by atoms with Gasteiger partial charge in [-0.25, -0.2) is 4.79 Å². The van der Waals surface area contributed by atoms with Crippen LogP contribution in [-0.4, -0.2) is 19.0 Å². The summed E-state index contributed by atoms with van der Waals surface area (Å²) in [6.45, 7) is 1.74. The van der Waals surface area contributed by atoms with Crippen LogP contribution >= 0.6 is 0 Å². The van der Waals surface area contributed by atoms with E-state index in [0.29, 0.717) is 6.42 Å². The summed E-state index contributed by atoms with van der Waals surface area (Å²) < 4.78 is 4.77. The zero-order valence-electron chi connectivity index (χ0n) is 11.6. The van der Waals surface area contributed by atoms with Crippen molar-refractivity contribution in [1.29, 1.82) is 0 Å². The molecule has 0 aliphatic heterocycles. The Kier molecular flexibility index (Phi) is 4.35. The van der Waals surface area contributed by atoms with Crippen molar-refractivity contribution in [1.82, 2.24) is 5.32 Å². The summed E-state index contributed by atoms with van der Waals surface area (Å²) in [6, 6.07) is 12.7. The van der Waals surface area contributed by atoms with Gasteiger partial charge in [-0.3, -0.25) is 4.79 Å². The molecule has 1 amide bonds. The first-order chi connectivity index (χ1) is 9.65. The number of esters is 1. The van der Waals surface area contributed by atoms with E-state index < -0.39 is 12.0 Å². The van der Waals surface area contributed by atoms with Crippen LogP contribution in [0.4, 0.5) is 0 Å². The van der Waals surface area contributed by atoms with E-state index in [1.807, 2.05) is 42.5 Å². The summed E-state index contributed by atoms with van der Waals surface area (Å²) in [6.07, 6.45) is 0.321. The number of nitrogens with one attached hydrogen (secondary N) is 1. The van der Waals surface area contributed by atoms with E-state index in [2.05, 4.69) is 5.32 Å². The van der Waals surface area contributed by atoms with Crippen LogP contribution in [0, 0.1) is 0 Å². The number of hydrogen-bond acceptors (Lipinski definition) is 3. The molecule has 0 spiro atoms. The third-order valence-electron chi connectivity index (χ3n) is 3.17. The molecule has 4 nitrogen and oxygen atoms in total. The lowest BCUT2D eigenvalue weighted by Crippen LogP contribution is -2.34. The number of ether oxygens (including phenoxy) is 1. The molecule has 2 rings (SSSR count). The first-order valence-corrected chi connectivity index (χ1v) is 6.51. The maximum absolute atomic E-state index is 11.9. The molecule has 0 radical (unpaired) electrons. The number of carbonyl (C=O) groups is 2. The Labute approximate surface area is 117 Å². The van der Waals surface area contributed by atoms with Crippen molar-refractivity contribution < 1.29 is 14.3 Å². The van der Waals surface area contributed by atoms with E-state index in [9.17, 15) is 9.59 Å². The summed E-state index contributed by atoms with van der Waals surface area (Å²) >= 11 is 0. The molecule has 1 N–H and O–H groups in total. The van der Waals surface area contributed by atoms with E-state index in [4.69, 9.17) is 4.74 Å². The molecule has 20 heavy (non-hydrogen) atoms. The highest BCUT2D eigenvalue weighted by Crippen LogP contribution is 2.21. The van der Waals surface area contributed by atoms with Crippen molar-refractivity contribution in [3.8, 4) is 0 Å². The predicted molar refractivity (Wildman–Crippen MR) is 77.1 cm³/mol. The lowest BCUT2D eigenvalue weighted by atomic mass is 10.0. The minimum Gasteiger partial charge on any atom is -0.467 e. The molecule has 0 heterocycles. The molecule has 2 aromatic rings. The third-order valence-corrected chi connectivity index (χ3v) is 3.17. The Morgan fingerprint density at radius 2 is 1.85 bits per heavy atom. The lowest BCUT2D eigenvalue weighted by molar-refractivity contribution is -0.145. The first kappa shape index (κ1) is 14.1. The van der Waals surface area contributed by atoms with Crippen LogP contribution < -0.4 is 5.32 Å². The second kappa shape index (κ2) is 6.19. The van der Waals surface area contributed by atoms with Gasteiger partial charge < -0.3 is 10.1 Å². The highest BCUT2D eigenvalue weighted by Gasteiger charge is 2.23. The van der Waals surface area contributed by atoms with Gasteiger partial charge in [-0.1, -0.05) is 43.3 Å². The molecule has 1 atom stereocenters. The fraction of sp³-hybridized carbons (Fsp3) is 0.250. The number of methoxy groups -OCH3 is 1. The van der Waals surface area contributed by atoms with Gasteiger partial charge in [0.25, 0.3) is 0 Å². The van der Waals surface area contributed by atoms with Crippen molar-refractivity contribution >= 4 is 22.6 Å². The van der Waals surface area contributed by atoms with Gasteiger partial charge in [0.1, 0.15) is 0 Å². The van der Waals surface area contributed by atoms with Crippen LogP contribution in [0.2, 0.25) is 0 Å². The first-order valence-electron chi connectivity index (χ1n) is 6.51. The van der Waals surface area contributed by atoms with Gasteiger partial charge in [0.15, 0.2) is 6.04 Å². The average Bonchev–Trinajstić information content (AvgIpc) is 2.51. The number of hydrogen-bond donors (Lipinski definition) is 1. The smallest absolute Gasteiger partial charge is 0.333 e. The maximum Gasteiger partial charge on any atom is 0.333 e. The van der Waals surface area contributed by atoms with E-state index in [1.165, 1.54) is 7.11 Å². The van der Waals surface area contributed by atoms with Crippen LogP contribution in [0.1, 0.15) is 24.9 Å². The largest absolute Gasteiger partial charge is 0.467 e. The van der Waals surface area contributed by atoms with Crippen LogP contribution in [0.25, 0.3) is 10.8 Å². The Balaban J connectivity index is 2.39. The minimum absolute atomic E-state index is 0.187.